The molecule has 0 radical (unpaired) electrons. The van der Waals surface area contributed by atoms with Crippen molar-refractivity contribution in [2.45, 2.75) is 25.3 Å². The van der Waals surface area contributed by atoms with Crippen molar-refractivity contribution < 1.29 is 19.5 Å². The van der Waals surface area contributed by atoms with Crippen LogP contribution in [-0.4, -0.2) is 51.8 Å². The van der Waals surface area contributed by atoms with E-state index in [1.165, 1.54) is 6.07 Å². The fourth-order valence-corrected chi connectivity index (χ4v) is 4.03. The highest BCUT2D eigenvalue weighted by Gasteiger charge is 2.22. The number of aromatic nitrogens is 1. The average molecular weight is 469 g/mol. The van der Waals surface area contributed by atoms with E-state index in [4.69, 9.17) is 5.73 Å². The molecule has 0 unspecified atom stereocenters. The first kappa shape index (κ1) is 24.0. The van der Waals surface area contributed by atoms with Crippen LogP contribution >= 0.6 is 12.4 Å². The molecule has 8 nitrogen and oxygen atoms in total. The molecule has 0 bridgehead atoms. The SMILES string of the molecule is Cl.NC(=O)N1CCC[C@H](NC(=O)c2ccc(C(=O)c3c(O)ccc4ncccc34)cc2)CC1. The Balaban J connectivity index is 0.00000306. The van der Waals surface area contributed by atoms with E-state index in [-0.39, 0.29) is 41.5 Å². The lowest BCUT2D eigenvalue weighted by molar-refractivity contribution is 0.0932. The largest absolute Gasteiger partial charge is 0.507 e. The van der Waals surface area contributed by atoms with Crippen LogP contribution in [0.5, 0.6) is 5.75 Å². The first-order valence-corrected chi connectivity index (χ1v) is 10.5. The Morgan fingerprint density at radius 1 is 1.00 bits per heavy atom. The number of ketones is 1. The summed E-state index contributed by atoms with van der Waals surface area (Å²) in [5.41, 5.74) is 6.94. The number of fused-ring (bicyclic) bond motifs is 1. The van der Waals surface area contributed by atoms with Gasteiger partial charge in [0.05, 0.1) is 11.1 Å². The number of benzene rings is 2. The number of phenols is 1. The van der Waals surface area contributed by atoms with Crippen LogP contribution in [-0.2, 0) is 0 Å². The van der Waals surface area contributed by atoms with Gasteiger partial charge in [0, 0.05) is 41.8 Å². The van der Waals surface area contributed by atoms with Crippen LogP contribution < -0.4 is 11.1 Å². The normalized spacial score (nSPS) is 15.9. The number of rotatable bonds is 4. The number of aromatic hydroxyl groups is 1. The molecule has 0 spiro atoms. The summed E-state index contributed by atoms with van der Waals surface area (Å²) in [6.45, 7) is 1.10. The zero-order chi connectivity index (χ0) is 22.7. The van der Waals surface area contributed by atoms with Crippen LogP contribution in [0, 0.1) is 0 Å². The van der Waals surface area contributed by atoms with Gasteiger partial charge in [-0.3, -0.25) is 14.6 Å². The monoisotopic (exact) mass is 468 g/mol. The minimum Gasteiger partial charge on any atom is -0.507 e. The first-order chi connectivity index (χ1) is 15.4. The Morgan fingerprint density at radius 2 is 1.73 bits per heavy atom. The fourth-order valence-electron chi connectivity index (χ4n) is 4.03. The van der Waals surface area contributed by atoms with Crippen molar-refractivity contribution in [1.82, 2.24) is 15.2 Å². The number of primary amides is 1. The molecule has 2 heterocycles. The molecule has 9 heteroatoms. The zero-order valence-corrected chi connectivity index (χ0v) is 18.7. The van der Waals surface area contributed by atoms with Crippen molar-refractivity contribution in [1.29, 1.82) is 0 Å². The number of halogens is 1. The number of urea groups is 1. The number of amides is 3. The third kappa shape index (κ3) is 5.23. The van der Waals surface area contributed by atoms with E-state index >= 15 is 0 Å². The van der Waals surface area contributed by atoms with Crippen molar-refractivity contribution in [3.05, 3.63) is 71.4 Å². The van der Waals surface area contributed by atoms with Gasteiger partial charge in [0.25, 0.3) is 5.91 Å². The van der Waals surface area contributed by atoms with E-state index in [0.717, 1.165) is 12.8 Å². The zero-order valence-electron chi connectivity index (χ0n) is 17.9. The topological polar surface area (TPSA) is 126 Å². The Bertz CT molecular complexity index is 1180. The molecule has 1 aromatic heterocycles. The maximum Gasteiger partial charge on any atom is 0.314 e. The number of hydrogen-bond acceptors (Lipinski definition) is 5. The van der Waals surface area contributed by atoms with Crippen molar-refractivity contribution in [3.63, 3.8) is 0 Å². The molecular formula is C24H25ClN4O4. The molecule has 1 aliphatic rings. The summed E-state index contributed by atoms with van der Waals surface area (Å²) in [4.78, 5) is 42.9. The first-order valence-electron chi connectivity index (χ1n) is 10.5. The molecule has 4 rings (SSSR count). The standard InChI is InChI=1S/C24H24N4O4.ClH/c25-24(32)28-13-2-3-17(11-14-28)27-23(31)16-7-5-15(6-8-16)22(30)21-18-4-1-12-26-19(18)9-10-20(21)29;/h1,4-10,12,17,29H,2-3,11,13-14H2,(H2,25,32)(H,27,31);1H/t17-;/m0./s1. The summed E-state index contributed by atoms with van der Waals surface area (Å²) in [5, 5.41) is 13.9. The fraction of sp³-hybridized carbons (Fsp3) is 0.250. The highest BCUT2D eigenvalue weighted by molar-refractivity contribution is 6.18. The Kier molecular flexibility index (Phi) is 7.50. The summed E-state index contributed by atoms with van der Waals surface area (Å²) in [7, 11) is 0. The van der Waals surface area contributed by atoms with E-state index in [9.17, 15) is 19.5 Å². The number of pyridine rings is 1. The third-order valence-electron chi connectivity index (χ3n) is 5.77. The predicted molar refractivity (Wildman–Crippen MR) is 127 cm³/mol. The molecule has 1 aliphatic heterocycles. The van der Waals surface area contributed by atoms with Gasteiger partial charge >= 0.3 is 6.03 Å². The minimum absolute atomic E-state index is 0. The number of carbonyl (C=O) groups is 3. The average Bonchev–Trinajstić information content (AvgIpc) is 3.04. The Morgan fingerprint density at radius 3 is 2.45 bits per heavy atom. The van der Waals surface area contributed by atoms with Gasteiger partial charge in [-0.2, -0.15) is 0 Å². The van der Waals surface area contributed by atoms with Crippen molar-refractivity contribution in [3.8, 4) is 5.75 Å². The van der Waals surface area contributed by atoms with Crippen LogP contribution in [0.2, 0.25) is 0 Å². The van der Waals surface area contributed by atoms with Gasteiger partial charge in [0.2, 0.25) is 0 Å². The maximum absolute atomic E-state index is 13.1. The number of nitrogens with one attached hydrogen (secondary N) is 1. The van der Waals surface area contributed by atoms with Crippen LogP contribution in [0.3, 0.4) is 0 Å². The molecule has 1 saturated heterocycles. The molecule has 1 atom stereocenters. The number of carbonyl (C=O) groups excluding carboxylic acids is 3. The van der Waals surface area contributed by atoms with Gasteiger partial charge in [-0.1, -0.05) is 18.2 Å². The van der Waals surface area contributed by atoms with Gasteiger partial charge in [0.1, 0.15) is 5.75 Å². The third-order valence-corrected chi connectivity index (χ3v) is 5.77. The summed E-state index contributed by atoms with van der Waals surface area (Å²) < 4.78 is 0. The van der Waals surface area contributed by atoms with Gasteiger partial charge in [-0.15, -0.1) is 12.4 Å². The maximum atomic E-state index is 13.1. The number of nitrogens with two attached hydrogens (primary N) is 1. The van der Waals surface area contributed by atoms with Crippen molar-refractivity contribution in [2.24, 2.45) is 5.73 Å². The van der Waals surface area contributed by atoms with Crippen LogP contribution in [0.4, 0.5) is 4.79 Å². The summed E-state index contributed by atoms with van der Waals surface area (Å²) >= 11 is 0. The lowest BCUT2D eigenvalue weighted by atomic mass is 9.97. The molecule has 0 aliphatic carbocycles. The Labute approximate surface area is 197 Å². The quantitative estimate of drug-likeness (QED) is 0.507. The van der Waals surface area contributed by atoms with Gasteiger partial charge < -0.3 is 21.1 Å². The number of hydrogen-bond donors (Lipinski definition) is 3. The highest BCUT2D eigenvalue weighted by atomic mass is 35.5. The van der Waals surface area contributed by atoms with Gasteiger partial charge in [-0.25, -0.2) is 4.79 Å². The molecule has 3 aromatic rings. The van der Waals surface area contributed by atoms with Crippen LogP contribution in [0.1, 0.15) is 45.5 Å². The second kappa shape index (κ2) is 10.3. The van der Waals surface area contributed by atoms with Gasteiger partial charge in [-0.05, 0) is 49.6 Å². The lowest BCUT2D eigenvalue weighted by Crippen LogP contribution is -2.38. The van der Waals surface area contributed by atoms with Crippen LogP contribution in [0.25, 0.3) is 10.9 Å². The number of phenolic OH excluding ortho intramolecular Hbond substituents is 1. The number of likely N-dealkylation sites (tertiary alicyclic amines) is 1. The summed E-state index contributed by atoms with van der Waals surface area (Å²) in [6, 6.07) is 12.4. The number of nitrogens with zero attached hydrogens (tertiary/aromatic N) is 2. The predicted octanol–water partition coefficient (Wildman–Crippen LogP) is 3.26. The molecule has 3 amide bonds. The second-order valence-corrected chi connectivity index (χ2v) is 7.86. The summed E-state index contributed by atoms with van der Waals surface area (Å²) in [6.07, 6.45) is 3.80. The van der Waals surface area contributed by atoms with E-state index in [2.05, 4.69) is 10.3 Å². The van der Waals surface area contributed by atoms with Crippen molar-refractivity contribution >= 4 is 41.0 Å². The lowest BCUT2D eigenvalue weighted by Gasteiger charge is -2.18. The molecule has 2 aromatic carbocycles. The molecule has 172 valence electrons. The van der Waals surface area contributed by atoms with E-state index in [1.807, 2.05) is 0 Å². The molecule has 0 saturated carbocycles. The summed E-state index contributed by atoms with van der Waals surface area (Å²) in [5.74, 6) is -0.696. The van der Waals surface area contributed by atoms with E-state index in [1.54, 1.807) is 53.6 Å². The smallest absolute Gasteiger partial charge is 0.314 e. The second-order valence-electron chi connectivity index (χ2n) is 7.86. The molecule has 1 fully saturated rings. The highest BCUT2D eigenvalue weighted by Crippen LogP contribution is 2.28. The van der Waals surface area contributed by atoms with Gasteiger partial charge in [0.15, 0.2) is 5.78 Å². The molecule has 4 N–H and O–H groups in total. The van der Waals surface area contributed by atoms with Crippen molar-refractivity contribution in [2.75, 3.05) is 13.1 Å². The Hall–Kier alpha value is -3.65. The minimum atomic E-state index is -0.440. The van der Waals surface area contributed by atoms with Crippen LogP contribution in [0.15, 0.2) is 54.7 Å². The van der Waals surface area contributed by atoms with E-state index < -0.39 is 6.03 Å². The van der Waals surface area contributed by atoms with E-state index in [0.29, 0.717) is 41.5 Å². The molecule has 33 heavy (non-hydrogen) atoms. The molecular weight excluding hydrogens is 444 g/mol.